The molecule has 0 aliphatic rings. The van der Waals surface area contributed by atoms with Crippen LogP contribution in [-0.2, 0) is 16.4 Å². The van der Waals surface area contributed by atoms with Gasteiger partial charge in [0.25, 0.3) is 0 Å². The molecule has 0 heterocycles. The average molecular weight is 298 g/mol. The first-order valence-corrected chi connectivity index (χ1v) is 8.88. The van der Waals surface area contributed by atoms with E-state index in [1.165, 1.54) is 9.87 Å². The van der Waals surface area contributed by atoms with Crippen molar-refractivity contribution >= 4 is 15.7 Å². The van der Waals surface area contributed by atoms with Crippen molar-refractivity contribution in [3.63, 3.8) is 0 Å². The van der Waals surface area contributed by atoms with Crippen molar-refractivity contribution in [3.05, 3.63) is 29.8 Å². The lowest BCUT2D eigenvalue weighted by atomic mass is 10.1. The van der Waals surface area contributed by atoms with E-state index in [1.54, 1.807) is 7.05 Å². The molecule has 0 saturated heterocycles. The van der Waals surface area contributed by atoms with Gasteiger partial charge in [-0.2, -0.15) is 0 Å². The van der Waals surface area contributed by atoms with E-state index in [1.807, 2.05) is 31.2 Å². The highest BCUT2D eigenvalue weighted by molar-refractivity contribution is 7.92. The van der Waals surface area contributed by atoms with E-state index in [-0.39, 0.29) is 5.75 Å². The fourth-order valence-electron chi connectivity index (χ4n) is 1.95. The molecule has 1 aromatic rings. The van der Waals surface area contributed by atoms with Gasteiger partial charge in [0, 0.05) is 7.05 Å². The molecule has 0 aromatic heterocycles. The van der Waals surface area contributed by atoms with Gasteiger partial charge in [0.1, 0.15) is 0 Å². The molecular weight excluding hydrogens is 272 g/mol. The smallest absolute Gasteiger partial charge is 0.234 e. The minimum absolute atomic E-state index is 0.199. The predicted octanol–water partition coefficient (Wildman–Crippen LogP) is 2.40. The van der Waals surface area contributed by atoms with Crippen LogP contribution in [-0.4, -0.2) is 34.3 Å². The quantitative estimate of drug-likeness (QED) is 0.712. The molecule has 1 N–H and O–H groups in total. The van der Waals surface area contributed by atoms with E-state index in [9.17, 15) is 8.42 Å². The molecule has 114 valence electrons. The summed E-state index contributed by atoms with van der Waals surface area (Å²) in [7, 11) is -1.59. The van der Waals surface area contributed by atoms with Gasteiger partial charge in [-0.05, 0) is 50.0 Å². The van der Waals surface area contributed by atoms with Crippen LogP contribution in [0.4, 0.5) is 5.69 Å². The molecule has 0 fully saturated rings. The lowest BCUT2D eigenvalue weighted by Crippen LogP contribution is -2.29. The number of hydrogen-bond acceptors (Lipinski definition) is 3. The molecule has 1 rings (SSSR count). The second-order valence-electron chi connectivity index (χ2n) is 4.86. The van der Waals surface area contributed by atoms with E-state index < -0.39 is 10.0 Å². The van der Waals surface area contributed by atoms with Gasteiger partial charge in [-0.3, -0.25) is 4.31 Å². The minimum atomic E-state index is -3.21. The highest BCUT2D eigenvalue weighted by Crippen LogP contribution is 2.18. The van der Waals surface area contributed by atoms with Crippen LogP contribution >= 0.6 is 0 Å². The summed E-state index contributed by atoms with van der Waals surface area (Å²) in [5.74, 6) is 0.199. The van der Waals surface area contributed by atoms with Crippen molar-refractivity contribution < 1.29 is 8.42 Å². The maximum atomic E-state index is 12.2. The van der Waals surface area contributed by atoms with E-state index in [2.05, 4.69) is 12.2 Å². The largest absolute Gasteiger partial charge is 0.317 e. The molecule has 0 atom stereocenters. The van der Waals surface area contributed by atoms with Gasteiger partial charge in [-0.1, -0.05) is 26.0 Å². The molecule has 0 aliphatic carbocycles. The van der Waals surface area contributed by atoms with Crippen LogP contribution < -0.4 is 9.62 Å². The zero-order valence-corrected chi connectivity index (χ0v) is 13.5. The van der Waals surface area contributed by atoms with Crippen LogP contribution in [0.2, 0.25) is 0 Å². The highest BCUT2D eigenvalue weighted by Gasteiger charge is 2.17. The molecule has 0 saturated carbocycles. The first-order chi connectivity index (χ1) is 9.51. The molecule has 0 radical (unpaired) electrons. The summed E-state index contributed by atoms with van der Waals surface area (Å²) >= 11 is 0. The number of anilines is 1. The summed E-state index contributed by atoms with van der Waals surface area (Å²) in [5, 5.41) is 3.20. The molecule has 4 nitrogen and oxygen atoms in total. The van der Waals surface area contributed by atoms with E-state index in [0.29, 0.717) is 6.42 Å². The van der Waals surface area contributed by atoms with Crippen LogP contribution in [0.3, 0.4) is 0 Å². The Hall–Kier alpha value is -1.07. The number of sulfonamides is 1. The monoisotopic (exact) mass is 298 g/mol. The Morgan fingerprint density at radius 2 is 1.75 bits per heavy atom. The molecule has 5 heteroatoms. The zero-order valence-electron chi connectivity index (χ0n) is 12.7. The standard InChI is InChI=1S/C15H26N2O2S/c1-4-14-8-10-15(11-9-14)17(3)20(18,19)13-7-6-12-16-5-2/h8-11,16H,4-7,12-13H2,1-3H3. The molecule has 0 amide bonds. The number of nitrogens with one attached hydrogen (secondary N) is 1. The van der Waals surface area contributed by atoms with Gasteiger partial charge in [-0.15, -0.1) is 0 Å². The topological polar surface area (TPSA) is 49.4 Å². The van der Waals surface area contributed by atoms with Crippen LogP contribution in [0.1, 0.15) is 32.3 Å². The SMILES string of the molecule is CCNCCCCS(=O)(=O)N(C)c1ccc(CC)cc1. The summed E-state index contributed by atoms with van der Waals surface area (Å²) in [6.45, 7) is 5.93. The Morgan fingerprint density at radius 1 is 1.10 bits per heavy atom. The number of unbranched alkanes of at least 4 members (excludes halogenated alkanes) is 1. The Labute approximate surface area is 123 Å². The molecule has 0 bridgehead atoms. The predicted molar refractivity (Wildman–Crippen MR) is 85.8 cm³/mol. The van der Waals surface area contributed by atoms with Crippen LogP contribution in [0.25, 0.3) is 0 Å². The van der Waals surface area contributed by atoms with E-state index in [0.717, 1.165) is 31.6 Å². The third-order valence-electron chi connectivity index (χ3n) is 3.38. The molecule has 0 spiro atoms. The molecule has 0 unspecified atom stereocenters. The van der Waals surface area contributed by atoms with Gasteiger partial charge < -0.3 is 5.32 Å². The van der Waals surface area contributed by atoms with Crippen molar-refractivity contribution in [2.45, 2.75) is 33.1 Å². The first-order valence-electron chi connectivity index (χ1n) is 7.27. The number of hydrogen-bond donors (Lipinski definition) is 1. The van der Waals surface area contributed by atoms with E-state index in [4.69, 9.17) is 0 Å². The van der Waals surface area contributed by atoms with Crippen molar-refractivity contribution in [2.75, 3.05) is 30.2 Å². The highest BCUT2D eigenvalue weighted by atomic mass is 32.2. The zero-order chi connectivity index (χ0) is 15.0. The molecule has 1 aromatic carbocycles. The number of rotatable bonds is 9. The van der Waals surface area contributed by atoms with Gasteiger partial charge >= 0.3 is 0 Å². The Morgan fingerprint density at radius 3 is 2.30 bits per heavy atom. The fraction of sp³-hybridized carbons (Fsp3) is 0.600. The van der Waals surface area contributed by atoms with Crippen molar-refractivity contribution in [1.82, 2.24) is 5.32 Å². The third kappa shape index (κ3) is 5.13. The Bertz CT molecular complexity index is 483. The molecular formula is C15H26N2O2S. The summed E-state index contributed by atoms with van der Waals surface area (Å²) in [5.41, 5.74) is 1.94. The summed E-state index contributed by atoms with van der Waals surface area (Å²) in [6, 6.07) is 7.70. The van der Waals surface area contributed by atoms with Gasteiger partial charge in [0.15, 0.2) is 0 Å². The van der Waals surface area contributed by atoms with Crippen LogP contribution in [0, 0.1) is 0 Å². The van der Waals surface area contributed by atoms with Crippen molar-refractivity contribution in [1.29, 1.82) is 0 Å². The summed E-state index contributed by atoms with van der Waals surface area (Å²) in [4.78, 5) is 0. The van der Waals surface area contributed by atoms with Gasteiger partial charge in [-0.25, -0.2) is 8.42 Å². The first kappa shape index (κ1) is 17.0. The second-order valence-corrected chi connectivity index (χ2v) is 6.98. The van der Waals surface area contributed by atoms with Crippen LogP contribution in [0.5, 0.6) is 0 Å². The normalized spacial score (nSPS) is 11.6. The fourth-order valence-corrected chi connectivity index (χ4v) is 3.24. The number of aryl methyl sites for hydroxylation is 1. The van der Waals surface area contributed by atoms with E-state index >= 15 is 0 Å². The Balaban J connectivity index is 2.56. The lowest BCUT2D eigenvalue weighted by Gasteiger charge is -2.19. The van der Waals surface area contributed by atoms with Crippen LogP contribution in [0.15, 0.2) is 24.3 Å². The lowest BCUT2D eigenvalue weighted by molar-refractivity contribution is 0.586. The maximum absolute atomic E-state index is 12.2. The van der Waals surface area contributed by atoms with Crippen molar-refractivity contribution in [3.8, 4) is 0 Å². The molecule has 0 aliphatic heterocycles. The van der Waals surface area contributed by atoms with Crippen molar-refractivity contribution in [2.24, 2.45) is 0 Å². The number of benzene rings is 1. The number of nitrogens with zero attached hydrogens (tertiary/aromatic N) is 1. The third-order valence-corrected chi connectivity index (χ3v) is 5.23. The Kier molecular flexibility index (Phi) is 7.02. The van der Waals surface area contributed by atoms with Gasteiger partial charge in [0.05, 0.1) is 11.4 Å². The minimum Gasteiger partial charge on any atom is -0.317 e. The molecule has 20 heavy (non-hydrogen) atoms. The second kappa shape index (κ2) is 8.27. The summed E-state index contributed by atoms with van der Waals surface area (Å²) in [6.07, 6.45) is 2.53. The summed E-state index contributed by atoms with van der Waals surface area (Å²) < 4.78 is 25.8. The maximum Gasteiger partial charge on any atom is 0.234 e. The van der Waals surface area contributed by atoms with Gasteiger partial charge in [0.2, 0.25) is 10.0 Å². The average Bonchev–Trinajstić information content (AvgIpc) is 2.46.